The van der Waals surface area contributed by atoms with Gasteiger partial charge in [-0.25, -0.2) is 53.2 Å². The highest BCUT2D eigenvalue weighted by atomic mass is 31.2. The number of halogens is 3. The van der Waals surface area contributed by atoms with Crippen LogP contribution in [0.15, 0.2) is 408 Å². The lowest BCUT2D eigenvalue weighted by Gasteiger charge is -2.11. The lowest BCUT2D eigenvalue weighted by molar-refractivity contribution is -0.719. The number of carboxylic acids is 2. The van der Waals surface area contributed by atoms with Gasteiger partial charge < -0.3 is 29.8 Å². The van der Waals surface area contributed by atoms with Gasteiger partial charge in [-0.1, -0.05) is 245 Å². The van der Waals surface area contributed by atoms with Gasteiger partial charge in [0.05, 0.1) is 46.5 Å². The van der Waals surface area contributed by atoms with Crippen LogP contribution in [0.2, 0.25) is 0 Å². The van der Waals surface area contributed by atoms with Crippen LogP contribution in [0.5, 0.6) is 0 Å². The lowest BCUT2D eigenvalue weighted by Crippen LogP contribution is -2.40. The predicted molar refractivity (Wildman–Crippen MR) is 570 cm³/mol. The van der Waals surface area contributed by atoms with E-state index >= 15 is 0 Å². The van der Waals surface area contributed by atoms with Crippen molar-refractivity contribution in [1.29, 1.82) is 0 Å². The maximum absolute atomic E-state index is 12.8. The molecular formula is C121H110F3N13O10P2+6. The van der Waals surface area contributed by atoms with E-state index in [1.807, 2.05) is 200 Å². The van der Waals surface area contributed by atoms with Gasteiger partial charge in [0.2, 0.25) is 19.6 Å². The van der Waals surface area contributed by atoms with Gasteiger partial charge in [0.25, 0.3) is 0 Å². The van der Waals surface area contributed by atoms with Crippen molar-refractivity contribution in [3.05, 3.63) is 419 Å². The summed E-state index contributed by atoms with van der Waals surface area (Å²) in [4.78, 5) is 93.3. The van der Waals surface area contributed by atoms with Crippen LogP contribution in [0.4, 0.5) is 13.2 Å². The van der Waals surface area contributed by atoms with Crippen LogP contribution in [-0.4, -0.2) is 95.1 Å². The van der Waals surface area contributed by atoms with E-state index < -0.39 is 39.9 Å². The molecule has 0 aliphatic rings. The number of rotatable bonds is 34. The van der Waals surface area contributed by atoms with Crippen LogP contribution in [-0.2, 0) is 70.8 Å². The molecule has 0 aliphatic carbocycles. The molecule has 0 spiro atoms. The van der Waals surface area contributed by atoms with Crippen LogP contribution >= 0.6 is 15.2 Å². The first-order valence-corrected chi connectivity index (χ1v) is 52.7. The Kier molecular flexibility index (Phi) is 33.5. The molecule has 0 amide bonds. The number of alkyl halides is 3. The third-order valence-corrected chi connectivity index (χ3v) is 27.1. The Bertz CT molecular complexity index is 7660. The molecule has 0 saturated carbocycles. The van der Waals surface area contributed by atoms with Gasteiger partial charge in [-0.3, -0.25) is 14.1 Å². The van der Waals surface area contributed by atoms with E-state index in [9.17, 15) is 51.5 Å². The molecule has 0 aliphatic heterocycles. The van der Waals surface area contributed by atoms with Crippen molar-refractivity contribution in [3.8, 4) is 180 Å². The van der Waals surface area contributed by atoms with Gasteiger partial charge >= 0.3 is 33.3 Å². The average molecular weight is 2030 g/mol. The first kappa shape index (κ1) is 104. The Morgan fingerprint density at radius 1 is 0.268 bits per heavy atom. The monoisotopic (exact) mass is 2020 g/mol. The molecule has 0 bridgehead atoms. The zero-order chi connectivity index (χ0) is 104. The average Bonchev–Trinajstić information content (AvgIpc) is 0.794. The molecular weight excluding hydrogens is 1910 g/mol. The molecule has 0 fully saturated rings. The fourth-order valence-electron chi connectivity index (χ4n) is 17.1. The number of carboxylic acid groups (broad SMARTS) is 2. The molecule has 9 aromatic carbocycles. The standard InChI is InChI=1S/C42H43N4O3P.C41H29N5O4.C38H32F3N4O3P/c1-3-5-24-45-26-19-35(20-27-45)33-11-15-37(16-12-33)40-31-41(44-42(43-40)39-9-7-32(8-10-39)23-30-50(47,48)49)38-17-13-34(14-18-38)36-21-28-46(29-22-36)25-6-4-2;47-39(48)26-45-21-15-32(16-22-45)29-1-7-34(8-2-29)37-25-38(35-9-3-30(4-10-35)33-17-23-46(24-18-33)27-40(49)50)44-41(43-37)36-11-5-28(6-12-36)31-13-19-42-20-14-31;1-2-44-20-15-30(16-21-44)28-7-11-32(12-8-28)35-25-36(43-37(42-35)34-5-3-27(4-6-34)19-24-49(46,47)48)33-13-9-29(10-14-33)31-17-22-45(23-18-31)26-38(39,40)41/h7-22,26-29,31H,3-6,23-25,30H2,1-2H3;1-25H,26-27H2;3-18,20-23,25H,2,19,24,26H2,1H3/p+6. The molecule has 0 unspecified atom stereocenters. The molecule has 744 valence electrons. The SMILES string of the molecule is CCCC[n+]1ccc(-c2ccc(-c3cc(-c4ccc(-c5cc[n+](CCCC)cc5)cc4)nc(-c4ccc(CCP(=O)(O)O)cc4)n3)cc2)cc1.CC[n+]1ccc(-c2ccc(-c3cc(-c4ccc(-c5cc[n+](CC(F)(F)F)cc5)cc4)nc(-c4ccc(CCP(=O)(O)O)cc4)n3)cc2)cc1.O=C(O)C[n+]1ccc(-c2ccc(-c3cc(-c4ccc(-c5cc[n+](CC(=O)O)cc5)cc4)nc(-c4ccc(-c5ccncc5)cc4)n3)cc2)cc1. The van der Waals surface area contributed by atoms with Crippen LogP contribution in [0, 0.1) is 0 Å². The highest BCUT2D eigenvalue weighted by Gasteiger charge is 2.33. The Balaban J connectivity index is 0.000000152. The maximum atomic E-state index is 12.8. The Hall–Kier alpha value is -16.7. The topological polar surface area (TPSA) is 303 Å². The molecule has 149 heavy (non-hydrogen) atoms. The van der Waals surface area contributed by atoms with E-state index in [4.69, 9.17) is 40.1 Å². The molecule has 0 atom stereocenters. The maximum Gasteiger partial charge on any atom is 0.448 e. The van der Waals surface area contributed by atoms with Crippen molar-refractivity contribution < 1.29 is 89.1 Å². The molecule has 0 saturated heterocycles. The number of pyridine rings is 7. The van der Waals surface area contributed by atoms with E-state index in [-0.39, 0.29) is 31.8 Å². The van der Waals surface area contributed by atoms with Crippen molar-refractivity contribution >= 4 is 27.1 Å². The molecule has 28 heteroatoms. The van der Waals surface area contributed by atoms with Gasteiger partial charge in [-0.15, -0.1) is 0 Å². The zero-order valence-corrected chi connectivity index (χ0v) is 84.0. The quantitative estimate of drug-likeness (QED) is 0.0161. The van der Waals surface area contributed by atoms with Crippen LogP contribution < -0.4 is 27.4 Å². The van der Waals surface area contributed by atoms with Crippen LogP contribution in [0.1, 0.15) is 57.6 Å². The first-order valence-electron chi connectivity index (χ1n) is 49.1. The van der Waals surface area contributed by atoms with Gasteiger partial charge in [0, 0.05) is 148 Å². The number of aromatic nitrogens is 13. The van der Waals surface area contributed by atoms with E-state index in [0.29, 0.717) is 29.6 Å². The summed E-state index contributed by atoms with van der Waals surface area (Å²) in [6.07, 6.45) is 26.6. The van der Waals surface area contributed by atoms with Gasteiger partial charge in [-0.2, -0.15) is 26.9 Å². The third-order valence-electron chi connectivity index (χ3n) is 25.5. The van der Waals surface area contributed by atoms with Crippen molar-refractivity contribution in [3.63, 3.8) is 0 Å². The fourth-order valence-corrected chi connectivity index (χ4v) is 18.2. The number of benzene rings is 9. The molecule has 19 rings (SSSR count). The highest BCUT2D eigenvalue weighted by molar-refractivity contribution is 7.52. The summed E-state index contributed by atoms with van der Waals surface area (Å²) in [6.45, 7) is 8.23. The Morgan fingerprint density at radius 2 is 0.470 bits per heavy atom. The van der Waals surface area contributed by atoms with Crippen molar-refractivity contribution in [2.24, 2.45) is 0 Å². The summed E-state index contributed by atoms with van der Waals surface area (Å²) < 4.78 is 72.0. The Labute approximate surface area is 861 Å². The van der Waals surface area contributed by atoms with E-state index in [1.165, 1.54) is 49.2 Å². The first-order chi connectivity index (χ1) is 72.1. The second kappa shape index (κ2) is 48.1. The summed E-state index contributed by atoms with van der Waals surface area (Å²) in [5.41, 5.74) is 28.8. The number of hydrogen-bond acceptors (Lipinski definition) is 11. The molecule has 23 nitrogen and oxygen atoms in total. The minimum Gasteiger partial charge on any atom is -0.477 e. The van der Waals surface area contributed by atoms with Crippen LogP contribution in [0.3, 0.4) is 0 Å². The third kappa shape index (κ3) is 28.8. The van der Waals surface area contributed by atoms with Crippen molar-refractivity contribution in [2.45, 2.75) is 105 Å². The molecule has 0 radical (unpaired) electrons. The van der Waals surface area contributed by atoms with Gasteiger partial charge in [-0.05, 0) is 139 Å². The summed E-state index contributed by atoms with van der Waals surface area (Å²) >= 11 is 0. The number of carbonyl (C=O) groups is 2. The molecule has 19 aromatic rings. The predicted octanol–water partition coefficient (Wildman–Crippen LogP) is 23.0. The number of unbranched alkanes of at least 4 members (excludes halogenated alkanes) is 2. The largest absolute Gasteiger partial charge is 0.477 e. The van der Waals surface area contributed by atoms with Crippen molar-refractivity contribution in [1.82, 2.24) is 34.9 Å². The van der Waals surface area contributed by atoms with E-state index in [0.717, 1.165) is 181 Å². The highest BCUT2D eigenvalue weighted by Crippen LogP contribution is 2.40. The Morgan fingerprint density at radius 3 is 0.691 bits per heavy atom. The molecule has 6 N–H and O–H groups in total. The lowest BCUT2D eigenvalue weighted by atomic mass is 10.0. The number of hydrogen-bond donors (Lipinski definition) is 6. The van der Waals surface area contributed by atoms with Gasteiger partial charge in [0.1, 0.15) is 19.6 Å². The number of aryl methyl sites for hydroxylation is 5. The number of nitrogens with zero attached hydrogens (tertiary/aromatic N) is 13. The van der Waals surface area contributed by atoms with E-state index in [2.05, 4.69) is 186 Å². The second-order valence-electron chi connectivity index (χ2n) is 36.3. The normalized spacial score (nSPS) is 11.4. The van der Waals surface area contributed by atoms with Crippen LogP contribution in [0.25, 0.3) is 180 Å². The number of aliphatic carboxylic acids is 2. The summed E-state index contributed by atoms with van der Waals surface area (Å²) in [7, 11) is -8.18. The van der Waals surface area contributed by atoms with Crippen molar-refractivity contribution in [2.75, 3.05) is 12.3 Å². The van der Waals surface area contributed by atoms with E-state index in [1.54, 1.807) is 58.4 Å². The summed E-state index contributed by atoms with van der Waals surface area (Å²) in [6, 6.07) is 106. The summed E-state index contributed by atoms with van der Waals surface area (Å²) in [5.74, 6) is -0.0956. The van der Waals surface area contributed by atoms with Gasteiger partial charge in [0.15, 0.2) is 91.8 Å². The fraction of sp³-hybridized carbons (Fsp3) is 0.149. The minimum absolute atomic E-state index is 0.0896. The smallest absolute Gasteiger partial charge is 0.448 e. The minimum atomic E-state index is -4.29. The zero-order valence-electron chi connectivity index (χ0n) is 82.2. The summed E-state index contributed by atoms with van der Waals surface area (Å²) in [5, 5.41) is 18.2. The molecule has 10 heterocycles. The second-order valence-corrected chi connectivity index (χ2v) is 39.8. The molecule has 10 aromatic heterocycles.